The first-order valence-electron chi connectivity index (χ1n) is 6.21. The second-order valence-corrected chi connectivity index (χ2v) is 6.02. The Labute approximate surface area is 121 Å². The molecule has 0 saturated heterocycles. The Balaban J connectivity index is 2.77. The minimum absolute atomic E-state index is 0.167. The van der Waals surface area contributed by atoms with Gasteiger partial charge in [0.05, 0.1) is 11.3 Å². The number of hydrogen-bond donors (Lipinski definition) is 0. The monoisotopic (exact) mass is 296 g/mol. The van der Waals surface area contributed by atoms with Crippen molar-refractivity contribution in [2.24, 2.45) is 0 Å². The van der Waals surface area contributed by atoms with Crippen LogP contribution in [0.15, 0.2) is 18.2 Å². The van der Waals surface area contributed by atoms with Gasteiger partial charge in [-0.15, -0.1) is 0 Å². The number of aromatic nitrogens is 2. The lowest BCUT2D eigenvalue weighted by molar-refractivity contribution is 0.543. The summed E-state index contributed by atoms with van der Waals surface area (Å²) in [7, 11) is 0. The lowest BCUT2D eigenvalue weighted by Gasteiger charge is -2.19. The fourth-order valence-corrected chi connectivity index (χ4v) is 1.96. The zero-order valence-electron chi connectivity index (χ0n) is 11.8. The van der Waals surface area contributed by atoms with Crippen LogP contribution in [-0.4, -0.2) is 9.97 Å². The van der Waals surface area contributed by atoms with E-state index in [-0.39, 0.29) is 21.8 Å². The summed E-state index contributed by atoms with van der Waals surface area (Å²) in [4.78, 5) is 8.52. The SMILES string of the molecule is Cc1c(Cl)nc(C(C)(C)C)nc1-c1c(F)cccc1F. The summed E-state index contributed by atoms with van der Waals surface area (Å²) in [5.74, 6) is -0.879. The van der Waals surface area contributed by atoms with E-state index < -0.39 is 11.6 Å². The number of rotatable bonds is 1. The van der Waals surface area contributed by atoms with Crippen molar-refractivity contribution >= 4 is 11.6 Å². The lowest BCUT2D eigenvalue weighted by Crippen LogP contribution is -2.17. The zero-order valence-corrected chi connectivity index (χ0v) is 12.5. The highest BCUT2D eigenvalue weighted by atomic mass is 35.5. The van der Waals surface area contributed by atoms with Gasteiger partial charge in [-0.25, -0.2) is 18.7 Å². The maximum absolute atomic E-state index is 13.9. The van der Waals surface area contributed by atoms with Crippen LogP contribution in [0.25, 0.3) is 11.3 Å². The van der Waals surface area contributed by atoms with Gasteiger partial charge in [-0.05, 0) is 19.1 Å². The van der Waals surface area contributed by atoms with Crippen LogP contribution in [0.3, 0.4) is 0 Å². The first kappa shape index (κ1) is 14.9. The van der Waals surface area contributed by atoms with Gasteiger partial charge in [0, 0.05) is 11.0 Å². The van der Waals surface area contributed by atoms with Gasteiger partial charge in [0.15, 0.2) is 0 Å². The summed E-state index contributed by atoms with van der Waals surface area (Å²) in [5, 5.41) is 0.211. The van der Waals surface area contributed by atoms with Gasteiger partial charge in [0.1, 0.15) is 22.6 Å². The van der Waals surface area contributed by atoms with E-state index >= 15 is 0 Å². The normalized spacial score (nSPS) is 11.8. The summed E-state index contributed by atoms with van der Waals surface area (Å²) >= 11 is 6.08. The van der Waals surface area contributed by atoms with E-state index in [1.807, 2.05) is 20.8 Å². The Morgan fingerprint density at radius 2 is 1.60 bits per heavy atom. The maximum atomic E-state index is 13.9. The lowest BCUT2D eigenvalue weighted by atomic mass is 9.95. The molecule has 106 valence electrons. The van der Waals surface area contributed by atoms with Gasteiger partial charge in [-0.1, -0.05) is 38.4 Å². The molecule has 0 spiro atoms. The van der Waals surface area contributed by atoms with Crippen LogP contribution in [0.1, 0.15) is 32.2 Å². The van der Waals surface area contributed by atoms with Crippen LogP contribution in [-0.2, 0) is 5.41 Å². The second kappa shape index (κ2) is 5.09. The summed E-state index contributed by atoms with van der Waals surface area (Å²) in [5.41, 5.74) is 0.127. The van der Waals surface area contributed by atoms with Crippen molar-refractivity contribution in [3.05, 3.63) is 46.4 Å². The first-order chi connectivity index (χ1) is 9.21. The van der Waals surface area contributed by atoms with Crippen molar-refractivity contribution in [2.45, 2.75) is 33.1 Å². The molecule has 0 unspecified atom stereocenters. The third-order valence-electron chi connectivity index (χ3n) is 2.96. The quantitative estimate of drug-likeness (QED) is 0.714. The summed E-state index contributed by atoms with van der Waals surface area (Å²) in [6, 6.07) is 3.71. The molecule has 0 radical (unpaired) electrons. The number of nitrogens with zero attached hydrogens (tertiary/aromatic N) is 2. The molecule has 0 fully saturated rings. The van der Waals surface area contributed by atoms with Gasteiger partial charge in [0.2, 0.25) is 0 Å². The molecule has 2 nitrogen and oxygen atoms in total. The van der Waals surface area contributed by atoms with Gasteiger partial charge in [-0.2, -0.15) is 0 Å². The molecule has 5 heteroatoms. The Morgan fingerprint density at radius 3 is 2.10 bits per heavy atom. The molecule has 0 N–H and O–H groups in total. The van der Waals surface area contributed by atoms with Gasteiger partial charge in [-0.3, -0.25) is 0 Å². The van der Waals surface area contributed by atoms with E-state index in [0.29, 0.717) is 11.4 Å². The van der Waals surface area contributed by atoms with Crippen LogP contribution in [0, 0.1) is 18.6 Å². The van der Waals surface area contributed by atoms with E-state index in [2.05, 4.69) is 9.97 Å². The van der Waals surface area contributed by atoms with Crippen LogP contribution in [0.5, 0.6) is 0 Å². The number of benzene rings is 1. The molecule has 2 rings (SSSR count). The molecule has 2 aromatic rings. The fourth-order valence-electron chi connectivity index (χ4n) is 1.79. The van der Waals surface area contributed by atoms with Crippen molar-refractivity contribution in [3.8, 4) is 11.3 Å². The standard InChI is InChI=1S/C15H15ClF2N2/c1-8-12(11-9(17)6-5-7-10(11)18)19-14(15(2,3)4)20-13(8)16/h5-7H,1-4H3. The van der Waals surface area contributed by atoms with Crippen LogP contribution in [0.4, 0.5) is 8.78 Å². The topological polar surface area (TPSA) is 25.8 Å². The third kappa shape index (κ3) is 2.66. The fraction of sp³-hybridized carbons (Fsp3) is 0.333. The molecule has 0 bridgehead atoms. The third-order valence-corrected chi connectivity index (χ3v) is 3.32. The van der Waals surface area contributed by atoms with Crippen molar-refractivity contribution in [1.29, 1.82) is 0 Å². The Morgan fingerprint density at radius 1 is 1.05 bits per heavy atom. The smallest absolute Gasteiger partial charge is 0.136 e. The summed E-state index contributed by atoms with van der Waals surface area (Å²) in [6.45, 7) is 7.39. The van der Waals surface area contributed by atoms with Crippen molar-refractivity contribution < 1.29 is 8.78 Å². The maximum Gasteiger partial charge on any atom is 0.136 e. The molecule has 0 aliphatic rings. The molecule has 0 atom stereocenters. The van der Waals surface area contributed by atoms with E-state index in [4.69, 9.17) is 11.6 Å². The van der Waals surface area contributed by atoms with Crippen LogP contribution < -0.4 is 0 Å². The largest absolute Gasteiger partial charge is 0.232 e. The van der Waals surface area contributed by atoms with E-state index in [1.54, 1.807) is 6.92 Å². The van der Waals surface area contributed by atoms with E-state index in [9.17, 15) is 8.78 Å². The molecule has 20 heavy (non-hydrogen) atoms. The first-order valence-corrected chi connectivity index (χ1v) is 6.58. The molecule has 1 aromatic carbocycles. The number of hydrogen-bond acceptors (Lipinski definition) is 2. The summed E-state index contributed by atoms with van der Waals surface area (Å²) in [6.07, 6.45) is 0. The predicted octanol–water partition coefficient (Wildman–Crippen LogP) is 4.68. The average Bonchev–Trinajstić information content (AvgIpc) is 2.32. The van der Waals surface area contributed by atoms with Crippen molar-refractivity contribution in [3.63, 3.8) is 0 Å². The van der Waals surface area contributed by atoms with E-state index in [0.717, 1.165) is 0 Å². The Kier molecular flexibility index (Phi) is 3.78. The molecule has 1 heterocycles. The van der Waals surface area contributed by atoms with Crippen molar-refractivity contribution in [2.75, 3.05) is 0 Å². The average molecular weight is 297 g/mol. The highest BCUT2D eigenvalue weighted by Gasteiger charge is 2.23. The molecular weight excluding hydrogens is 282 g/mol. The number of halogens is 3. The Bertz CT molecular complexity index is 643. The van der Waals surface area contributed by atoms with Crippen molar-refractivity contribution in [1.82, 2.24) is 9.97 Å². The molecular formula is C15H15ClF2N2. The van der Waals surface area contributed by atoms with Gasteiger partial charge >= 0.3 is 0 Å². The summed E-state index contributed by atoms with van der Waals surface area (Å²) < 4.78 is 27.9. The van der Waals surface area contributed by atoms with Crippen LogP contribution in [0.2, 0.25) is 5.15 Å². The molecule has 0 aliphatic heterocycles. The second-order valence-electron chi connectivity index (χ2n) is 5.66. The minimum atomic E-state index is -0.664. The molecule has 0 saturated carbocycles. The minimum Gasteiger partial charge on any atom is -0.232 e. The predicted molar refractivity (Wildman–Crippen MR) is 75.8 cm³/mol. The van der Waals surface area contributed by atoms with E-state index in [1.165, 1.54) is 18.2 Å². The zero-order chi connectivity index (χ0) is 15.1. The highest BCUT2D eigenvalue weighted by Crippen LogP contribution is 2.32. The molecule has 1 aromatic heterocycles. The van der Waals surface area contributed by atoms with Gasteiger partial charge in [0.25, 0.3) is 0 Å². The molecule has 0 amide bonds. The Hall–Kier alpha value is -1.55. The molecule has 0 aliphatic carbocycles. The highest BCUT2D eigenvalue weighted by molar-refractivity contribution is 6.30. The van der Waals surface area contributed by atoms with Gasteiger partial charge < -0.3 is 0 Å². The van der Waals surface area contributed by atoms with Crippen LogP contribution >= 0.6 is 11.6 Å².